The second-order valence-electron chi connectivity index (χ2n) is 4.89. The fourth-order valence-corrected chi connectivity index (χ4v) is 2.65. The van der Waals surface area contributed by atoms with E-state index < -0.39 is 17.9 Å². The molecule has 0 aliphatic rings. The topological polar surface area (TPSA) is 90.2 Å². The highest BCUT2D eigenvalue weighted by Gasteiger charge is 2.21. The molecule has 2 rings (SSSR count). The summed E-state index contributed by atoms with van der Waals surface area (Å²) in [7, 11) is 0. The van der Waals surface area contributed by atoms with E-state index in [1.165, 1.54) is 24.3 Å². The molecule has 0 aliphatic carbocycles. The predicted molar refractivity (Wildman–Crippen MR) is 92.9 cm³/mol. The summed E-state index contributed by atoms with van der Waals surface area (Å²) in [6.07, 6.45) is 0.203. The highest BCUT2D eigenvalue weighted by Crippen LogP contribution is 2.11. The number of nitrogens with one attached hydrogen (secondary N) is 1. The largest absolute Gasteiger partial charge is 0.480 e. The highest BCUT2D eigenvalue weighted by molar-refractivity contribution is 14.1. The van der Waals surface area contributed by atoms with E-state index in [1.54, 1.807) is 0 Å². The quantitative estimate of drug-likeness (QED) is 0.728. The third-order valence-electron chi connectivity index (χ3n) is 3.21. The molecule has 2 aromatic rings. The Balaban J connectivity index is 2.11. The van der Waals surface area contributed by atoms with Crippen LogP contribution in [0.5, 0.6) is 0 Å². The summed E-state index contributed by atoms with van der Waals surface area (Å²) < 4.78 is 1.00. The molecule has 0 spiro atoms. The molecule has 0 radical (unpaired) electrons. The van der Waals surface area contributed by atoms with Crippen molar-refractivity contribution in [2.45, 2.75) is 12.5 Å². The number of benzene rings is 2. The van der Waals surface area contributed by atoms with Crippen LogP contribution in [0.3, 0.4) is 0 Å². The first-order chi connectivity index (χ1) is 11.0. The average Bonchev–Trinajstić information content (AvgIpc) is 2.54. The smallest absolute Gasteiger partial charge is 0.326 e. The Labute approximate surface area is 147 Å². The maximum absolute atomic E-state index is 12.2. The third kappa shape index (κ3) is 4.79. The van der Waals surface area contributed by atoms with Gasteiger partial charge in [0.1, 0.15) is 6.04 Å². The van der Waals surface area contributed by atoms with Crippen LogP contribution in [0.1, 0.15) is 21.5 Å². The van der Waals surface area contributed by atoms with Crippen LogP contribution in [0.15, 0.2) is 48.5 Å². The van der Waals surface area contributed by atoms with E-state index in [0.717, 1.165) is 9.13 Å². The molecule has 0 saturated heterocycles. The van der Waals surface area contributed by atoms with Crippen molar-refractivity contribution >= 4 is 34.5 Å². The van der Waals surface area contributed by atoms with Crippen molar-refractivity contribution in [1.29, 1.82) is 5.26 Å². The van der Waals surface area contributed by atoms with Crippen LogP contribution in [0.25, 0.3) is 0 Å². The monoisotopic (exact) mass is 420 g/mol. The minimum atomic E-state index is -1.09. The van der Waals surface area contributed by atoms with E-state index in [2.05, 4.69) is 27.9 Å². The van der Waals surface area contributed by atoms with Gasteiger partial charge in [0.05, 0.1) is 11.6 Å². The molecule has 23 heavy (non-hydrogen) atoms. The van der Waals surface area contributed by atoms with Crippen molar-refractivity contribution < 1.29 is 14.7 Å². The summed E-state index contributed by atoms with van der Waals surface area (Å²) in [6, 6.07) is 14.4. The summed E-state index contributed by atoms with van der Waals surface area (Å²) in [5, 5.41) is 20.6. The summed E-state index contributed by atoms with van der Waals surface area (Å²) in [4.78, 5) is 23.6. The highest BCUT2D eigenvalue weighted by atomic mass is 127. The summed E-state index contributed by atoms with van der Waals surface area (Å²) in [5.41, 5.74) is 1.59. The molecule has 0 aromatic heterocycles. The number of aliphatic carboxylic acids is 1. The fraction of sp³-hybridized carbons (Fsp3) is 0.118. The van der Waals surface area contributed by atoms with Gasteiger partial charge in [-0.1, -0.05) is 12.1 Å². The van der Waals surface area contributed by atoms with Crippen molar-refractivity contribution in [3.05, 3.63) is 68.8 Å². The van der Waals surface area contributed by atoms with Crippen LogP contribution in [0.4, 0.5) is 0 Å². The SMILES string of the molecule is N#Cc1ccc(C(=O)N[C@@H](Cc2cccc(I)c2)C(=O)O)cc1. The summed E-state index contributed by atoms with van der Waals surface area (Å²) in [6.45, 7) is 0. The van der Waals surface area contributed by atoms with Crippen molar-refractivity contribution in [3.63, 3.8) is 0 Å². The lowest BCUT2D eigenvalue weighted by Crippen LogP contribution is -2.42. The van der Waals surface area contributed by atoms with E-state index in [0.29, 0.717) is 11.1 Å². The molecule has 0 bridgehead atoms. The zero-order valence-corrected chi connectivity index (χ0v) is 14.1. The van der Waals surface area contributed by atoms with E-state index in [4.69, 9.17) is 5.26 Å². The predicted octanol–water partition coefficient (Wildman–Crippen LogP) is 2.59. The molecule has 1 atom stereocenters. The lowest BCUT2D eigenvalue weighted by Gasteiger charge is -2.15. The Bertz CT molecular complexity index is 766. The molecule has 2 N–H and O–H groups in total. The number of carboxylic acid groups (broad SMARTS) is 1. The van der Waals surface area contributed by atoms with Gasteiger partial charge in [0.15, 0.2) is 0 Å². The second kappa shape index (κ2) is 7.74. The minimum Gasteiger partial charge on any atom is -0.480 e. The summed E-state index contributed by atoms with van der Waals surface area (Å²) >= 11 is 2.15. The molecule has 0 fully saturated rings. The van der Waals surface area contributed by atoms with Crippen molar-refractivity contribution in [2.24, 2.45) is 0 Å². The zero-order valence-electron chi connectivity index (χ0n) is 12.0. The molecule has 0 unspecified atom stereocenters. The second-order valence-corrected chi connectivity index (χ2v) is 6.13. The molecule has 6 heteroatoms. The van der Waals surface area contributed by atoms with Gasteiger partial charge in [0.25, 0.3) is 5.91 Å². The van der Waals surface area contributed by atoms with Crippen LogP contribution in [0, 0.1) is 14.9 Å². The Morgan fingerprint density at radius 3 is 2.48 bits per heavy atom. The normalized spacial score (nSPS) is 11.3. The number of nitrogens with zero attached hydrogens (tertiary/aromatic N) is 1. The van der Waals surface area contributed by atoms with Crippen molar-refractivity contribution in [1.82, 2.24) is 5.32 Å². The first-order valence-corrected chi connectivity index (χ1v) is 7.86. The molecule has 1 amide bonds. The van der Waals surface area contributed by atoms with Gasteiger partial charge in [-0.25, -0.2) is 4.79 Å². The summed E-state index contributed by atoms with van der Waals surface area (Å²) in [5.74, 6) is -1.57. The Kier molecular flexibility index (Phi) is 5.71. The number of carbonyl (C=O) groups excluding carboxylic acids is 1. The van der Waals surface area contributed by atoms with Crippen LogP contribution < -0.4 is 5.32 Å². The molecule has 116 valence electrons. The van der Waals surface area contributed by atoms with Crippen LogP contribution in [-0.2, 0) is 11.2 Å². The average molecular weight is 420 g/mol. The van der Waals surface area contributed by atoms with Gasteiger partial charge in [0.2, 0.25) is 0 Å². The van der Waals surface area contributed by atoms with E-state index >= 15 is 0 Å². The number of hydrogen-bond acceptors (Lipinski definition) is 3. The molecule has 5 nitrogen and oxygen atoms in total. The maximum atomic E-state index is 12.2. The van der Waals surface area contributed by atoms with Crippen LogP contribution >= 0.6 is 22.6 Å². The van der Waals surface area contributed by atoms with Gasteiger partial charge in [-0.15, -0.1) is 0 Å². The molecule has 2 aromatic carbocycles. The first kappa shape index (κ1) is 17.0. The van der Waals surface area contributed by atoms with Crippen molar-refractivity contribution in [3.8, 4) is 6.07 Å². The van der Waals surface area contributed by atoms with Gasteiger partial charge >= 0.3 is 5.97 Å². The molecular formula is C17H13IN2O3. The van der Waals surface area contributed by atoms with Crippen LogP contribution in [0.2, 0.25) is 0 Å². The zero-order chi connectivity index (χ0) is 16.8. The Hall–Kier alpha value is -2.40. The molecular weight excluding hydrogens is 407 g/mol. The first-order valence-electron chi connectivity index (χ1n) is 6.78. The van der Waals surface area contributed by atoms with E-state index in [-0.39, 0.29) is 6.42 Å². The molecule has 0 aliphatic heterocycles. The number of carboxylic acids is 1. The van der Waals surface area contributed by atoms with Gasteiger partial charge in [0, 0.05) is 15.6 Å². The van der Waals surface area contributed by atoms with E-state index in [1.807, 2.05) is 30.3 Å². The number of hydrogen-bond donors (Lipinski definition) is 2. The number of amides is 1. The lowest BCUT2D eigenvalue weighted by molar-refractivity contribution is -0.139. The Morgan fingerprint density at radius 1 is 1.22 bits per heavy atom. The number of halogens is 1. The molecule has 0 heterocycles. The fourth-order valence-electron chi connectivity index (χ4n) is 2.04. The molecule has 0 saturated carbocycles. The van der Waals surface area contributed by atoms with Gasteiger partial charge in [-0.2, -0.15) is 5.26 Å². The maximum Gasteiger partial charge on any atom is 0.326 e. The standard InChI is InChI=1S/C17H13IN2O3/c18-14-3-1-2-12(8-14)9-15(17(22)23)20-16(21)13-6-4-11(10-19)5-7-13/h1-8,15H,9H2,(H,20,21)(H,22,23)/t15-/m0/s1. The van der Waals surface area contributed by atoms with Crippen LogP contribution in [-0.4, -0.2) is 23.0 Å². The van der Waals surface area contributed by atoms with Gasteiger partial charge in [-0.05, 0) is 64.6 Å². The number of rotatable bonds is 5. The number of carbonyl (C=O) groups is 2. The van der Waals surface area contributed by atoms with Gasteiger partial charge in [-0.3, -0.25) is 4.79 Å². The lowest BCUT2D eigenvalue weighted by atomic mass is 10.1. The van der Waals surface area contributed by atoms with Crippen molar-refractivity contribution in [2.75, 3.05) is 0 Å². The number of nitriles is 1. The Morgan fingerprint density at radius 2 is 1.91 bits per heavy atom. The minimum absolute atomic E-state index is 0.203. The van der Waals surface area contributed by atoms with E-state index in [9.17, 15) is 14.7 Å². The van der Waals surface area contributed by atoms with Gasteiger partial charge < -0.3 is 10.4 Å². The third-order valence-corrected chi connectivity index (χ3v) is 3.88.